The van der Waals surface area contributed by atoms with E-state index >= 15 is 0 Å². The fraction of sp³-hybridized carbons (Fsp3) is 0.333. The van der Waals surface area contributed by atoms with E-state index in [1.165, 1.54) is 37.2 Å². The van der Waals surface area contributed by atoms with Crippen molar-refractivity contribution in [2.45, 2.75) is 44.5 Å². The molecule has 1 aromatic carbocycles. The van der Waals surface area contributed by atoms with Crippen molar-refractivity contribution < 1.29 is 33.3 Å². The van der Waals surface area contributed by atoms with E-state index in [0.29, 0.717) is 11.5 Å². The molecule has 3 aromatic rings. The van der Waals surface area contributed by atoms with Crippen LogP contribution in [0.2, 0.25) is 0 Å². The van der Waals surface area contributed by atoms with Gasteiger partial charge in [-0.25, -0.2) is 0 Å². The van der Waals surface area contributed by atoms with Crippen molar-refractivity contribution >= 4 is 51.1 Å². The number of benzene rings is 1. The topological polar surface area (TPSA) is 101 Å². The molecule has 8 nitrogen and oxygen atoms in total. The Morgan fingerprint density at radius 2 is 1.62 bits per heavy atom. The monoisotopic (exact) mass is 501 g/mol. The lowest BCUT2D eigenvalue weighted by molar-refractivity contribution is -0.186. The Labute approximate surface area is 204 Å². The Balaban J connectivity index is 1.59. The molecule has 0 amide bonds. The summed E-state index contributed by atoms with van der Waals surface area (Å²) in [5.74, 6) is -0.917. The first-order valence-electron chi connectivity index (χ1n) is 10.5. The van der Waals surface area contributed by atoms with Gasteiger partial charge in [-0.2, -0.15) is 0 Å². The maximum atomic E-state index is 11.8. The number of hydrogen-bond donors (Lipinski definition) is 0. The second-order valence-electron chi connectivity index (χ2n) is 7.67. The van der Waals surface area contributed by atoms with Crippen LogP contribution in [0.15, 0.2) is 48.8 Å². The van der Waals surface area contributed by atoms with Crippen molar-refractivity contribution in [2.75, 3.05) is 5.75 Å². The van der Waals surface area contributed by atoms with Gasteiger partial charge in [-0.15, -0.1) is 23.1 Å². The molecule has 4 atom stereocenters. The van der Waals surface area contributed by atoms with Crippen molar-refractivity contribution in [2.24, 2.45) is 0 Å². The summed E-state index contributed by atoms with van der Waals surface area (Å²) in [6.45, 7) is 3.77. The summed E-state index contributed by atoms with van der Waals surface area (Å²) in [5.41, 5.74) is 0.178. The maximum Gasteiger partial charge on any atom is 0.303 e. The zero-order chi connectivity index (χ0) is 24.2. The third kappa shape index (κ3) is 5.68. The van der Waals surface area contributed by atoms with Crippen LogP contribution in [0.5, 0.6) is 5.75 Å². The van der Waals surface area contributed by atoms with Gasteiger partial charge in [-0.3, -0.25) is 19.4 Å². The molecule has 1 unspecified atom stereocenters. The lowest BCUT2D eigenvalue weighted by Crippen LogP contribution is -2.55. The Kier molecular flexibility index (Phi) is 7.38. The summed E-state index contributed by atoms with van der Waals surface area (Å²) in [6.07, 6.45) is 0.556. The Bertz CT molecular complexity index is 1180. The molecule has 1 aliphatic heterocycles. The lowest BCUT2D eigenvalue weighted by atomic mass is 10.1. The largest absolute Gasteiger partial charge is 0.474 e. The van der Waals surface area contributed by atoms with E-state index in [-0.39, 0.29) is 0 Å². The predicted molar refractivity (Wildman–Crippen MR) is 129 cm³/mol. The van der Waals surface area contributed by atoms with Crippen LogP contribution in [-0.2, 0) is 28.6 Å². The zero-order valence-electron chi connectivity index (χ0n) is 18.8. The first kappa shape index (κ1) is 24.0. The van der Waals surface area contributed by atoms with Crippen molar-refractivity contribution in [3.05, 3.63) is 48.8 Å². The van der Waals surface area contributed by atoms with Gasteiger partial charge in [0.25, 0.3) is 0 Å². The van der Waals surface area contributed by atoms with Crippen LogP contribution in [0.1, 0.15) is 20.8 Å². The lowest BCUT2D eigenvalue weighted by Gasteiger charge is -2.39. The number of ether oxygens (including phenoxy) is 4. The smallest absolute Gasteiger partial charge is 0.303 e. The summed E-state index contributed by atoms with van der Waals surface area (Å²) in [4.78, 5) is 40.5. The van der Waals surface area contributed by atoms with Crippen molar-refractivity contribution in [1.82, 2.24) is 4.98 Å². The SMILES string of the molecule is CC(=O)O[C@H]1[C@H](OC(C)=O)CSC(Oc2cncc(-c3cc4ccccc4s3)c2)[C@@H]1OC(C)=O. The van der Waals surface area contributed by atoms with Gasteiger partial charge in [0.15, 0.2) is 23.7 Å². The highest BCUT2D eigenvalue weighted by Crippen LogP contribution is 2.37. The number of aromatic nitrogens is 1. The first-order valence-corrected chi connectivity index (χ1v) is 12.4. The minimum absolute atomic E-state index is 0.295. The van der Waals surface area contributed by atoms with Crippen molar-refractivity contribution in [3.8, 4) is 16.2 Å². The quantitative estimate of drug-likeness (QED) is 0.363. The van der Waals surface area contributed by atoms with E-state index in [1.807, 2.05) is 18.2 Å². The van der Waals surface area contributed by atoms with Crippen LogP contribution < -0.4 is 4.74 Å². The number of rotatable bonds is 6. The zero-order valence-corrected chi connectivity index (χ0v) is 20.4. The highest BCUT2D eigenvalue weighted by atomic mass is 32.2. The normalized spacial score (nSPS) is 22.1. The number of esters is 3. The molecule has 2 aromatic heterocycles. The number of pyridine rings is 1. The second kappa shape index (κ2) is 10.4. The van der Waals surface area contributed by atoms with Crippen molar-refractivity contribution in [3.63, 3.8) is 0 Å². The standard InChI is InChI=1S/C24H23NO7S2/c1-13(26)29-19-12-33-24(23(31-15(3)28)22(19)30-14(2)27)32-18-8-17(10-25-11-18)21-9-16-6-4-5-7-20(16)34-21/h4-11,19,22-24H,12H2,1-3H3/t19-,22+,23-,24?/m1/s1. The minimum Gasteiger partial charge on any atom is -0.474 e. The van der Waals surface area contributed by atoms with Crippen LogP contribution in [0.4, 0.5) is 0 Å². The molecule has 178 valence electrons. The average Bonchev–Trinajstić information content (AvgIpc) is 3.21. The molecule has 1 aliphatic rings. The second-order valence-corrected chi connectivity index (χ2v) is 9.89. The molecule has 34 heavy (non-hydrogen) atoms. The Morgan fingerprint density at radius 3 is 2.32 bits per heavy atom. The molecule has 4 rings (SSSR count). The number of hydrogen-bond acceptors (Lipinski definition) is 10. The molecule has 0 bridgehead atoms. The Hall–Kier alpha value is -3.11. The van der Waals surface area contributed by atoms with Crippen LogP contribution in [0.25, 0.3) is 20.5 Å². The van der Waals surface area contributed by atoms with E-state index in [0.717, 1.165) is 15.8 Å². The van der Waals surface area contributed by atoms with Crippen LogP contribution in [0, 0.1) is 0 Å². The first-order chi connectivity index (χ1) is 16.3. The molecule has 1 fully saturated rings. The summed E-state index contributed by atoms with van der Waals surface area (Å²) in [6, 6.07) is 12.1. The summed E-state index contributed by atoms with van der Waals surface area (Å²) < 4.78 is 23.6. The third-order valence-corrected chi connectivity index (χ3v) is 7.36. The molecule has 0 radical (unpaired) electrons. The van der Waals surface area contributed by atoms with Crippen LogP contribution >= 0.6 is 23.1 Å². The Morgan fingerprint density at radius 1 is 0.912 bits per heavy atom. The molecule has 0 N–H and O–H groups in total. The van der Waals surface area contributed by atoms with Gasteiger partial charge in [-0.1, -0.05) is 18.2 Å². The van der Waals surface area contributed by atoms with E-state index in [2.05, 4.69) is 23.2 Å². The summed E-state index contributed by atoms with van der Waals surface area (Å²) >= 11 is 2.95. The molecule has 10 heteroatoms. The van der Waals surface area contributed by atoms with Gasteiger partial charge in [0.1, 0.15) is 5.75 Å². The molecular formula is C24H23NO7S2. The summed E-state index contributed by atoms with van der Waals surface area (Å²) in [7, 11) is 0. The molecule has 1 saturated heterocycles. The molecule has 0 spiro atoms. The van der Waals surface area contributed by atoms with Gasteiger partial charge in [-0.05, 0) is 23.6 Å². The van der Waals surface area contributed by atoms with Gasteiger partial charge in [0.2, 0.25) is 0 Å². The molecule has 0 saturated carbocycles. The molecule has 0 aliphatic carbocycles. The fourth-order valence-corrected chi connectivity index (χ4v) is 5.95. The van der Waals surface area contributed by atoms with Gasteiger partial charge >= 0.3 is 17.9 Å². The fourth-order valence-electron chi connectivity index (χ4n) is 3.69. The number of nitrogens with zero attached hydrogens (tertiary/aromatic N) is 1. The number of carbonyl (C=O) groups is 3. The number of thioether (sulfide) groups is 1. The predicted octanol–water partition coefficient (Wildman–Crippen LogP) is 4.21. The molecular weight excluding hydrogens is 478 g/mol. The highest BCUT2D eigenvalue weighted by Gasteiger charge is 2.47. The average molecular weight is 502 g/mol. The van der Waals surface area contributed by atoms with Crippen molar-refractivity contribution in [1.29, 1.82) is 0 Å². The van der Waals surface area contributed by atoms with E-state index in [1.54, 1.807) is 23.7 Å². The third-order valence-electron chi connectivity index (χ3n) is 4.98. The van der Waals surface area contributed by atoms with Gasteiger partial charge < -0.3 is 18.9 Å². The number of thiophene rings is 1. The van der Waals surface area contributed by atoms with Crippen LogP contribution in [-0.4, -0.2) is 52.4 Å². The molecule has 3 heterocycles. The number of fused-ring (bicyclic) bond motifs is 1. The maximum absolute atomic E-state index is 11.8. The van der Waals surface area contributed by atoms with E-state index in [4.69, 9.17) is 18.9 Å². The van der Waals surface area contributed by atoms with E-state index in [9.17, 15) is 14.4 Å². The number of carbonyl (C=O) groups excluding carboxylic acids is 3. The summed E-state index contributed by atoms with van der Waals surface area (Å²) in [5, 5.41) is 1.15. The van der Waals surface area contributed by atoms with E-state index < -0.39 is 41.7 Å². The van der Waals surface area contributed by atoms with Gasteiger partial charge in [0.05, 0.1) is 6.20 Å². The van der Waals surface area contributed by atoms with Crippen LogP contribution in [0.3, 0.4) is 0 Å². The van der Waals surface area contributed by atoms with Gasteiger partial charge in [0, 0.05) is 47.9 Å². The highest BCUT2D eigenvalue weighted by molar-refractivity contribution is 7.99. The minimum atomic E-state index is -1.00.